The van der Waals surface area contributed by atoms with E-state index in [1.54, 1.807) is 17.0 Å². The maximum atomic E-state index is 12.5. The van der Waals surface area contributed by atoms with Crippen LogP contribution in [-0.2, 0) is 0 Å². The van der Waals surface area contributed by atoms with Gasteiger partial charge in [0.2, 0.25) is 0 Å². The molecule has 1 saturated heterocycles. The topological polar surface area (TPSA) is 55.3 Å². The van der Waals surface area contributed by atoms with Crippen LogP contribution in [-0.4, -0.2) is 40.0 Å². The van der Waals surface area contributed by atoms with Crippen LogP contribution in [0.5, 0.6) is 6.01 Å². The molecule has 2 heterocycles. The molecule has 1 fully saturated rings. The number of carbonyl (C=O) groups excluding carboxylic acids is 1. The lowest BCUT2D eigenvalue weighted by molar-refractivity contribution is 0.0769. The molecule has 0 aliphatic carbocycles. The Balaban J connectivity index is 1.66. The molecule has 6 heteroatoms. The first-order valence-corrected chi connectivity index (χ1v) is 7.93. The predicted octanol–water partition coefficient (Wildman–Crippen LogP) is 3.04. The number of likely N-dealkylation sites (tertiary alicyclic amines) is 1. The van der Waals surface area contributed by atoms with Gasteiger partial charge in [0.1, 0.15) is 6.10 Å². The van der Waals surface area contributed by atoms with Crippen LogP contribution in [0.3, 0.4) is 0 Å². The largest absolute Gasteiger partial charge is 0.458 e. The molecule has 0 bridgehead atoms. The highest BCUT2D eigenvalue weighted by molar-refractivity contribution is 6.33. The summed E-state index contributed by atoms with van der Waals surface area (Å²) < 4.78 is 5.83. The fourth-order valence-electron chi connectivity index (χ4n) is 2.71. The molecule has 1 aliphatic heterocycles. The summed E-state index contributed by atoms with van der Waals surface area (Å²) in [5, 5.41) is 0.472. The number of nitrogens with zero attached hydrogens (tertiary/aromatic N) is 3. The molecule has 1 aliphatic rings. The van der Waals surface area contributed by atoms with Crippen molar-refractivity contribution in [2.45, 2.75) is 26.4 Å². The van der Waals surface area contributed by atoms with Gasteiger partial charge in [0.15, 0.2) is 0 Å². The molecule has 3 rings (SSSR count). The molecule has 0 spiro atoms. The third-order valence-electron chi connectivity index (χ3n) is 3.77. The summed E-state index contributed by atoms with van der Waals surface area (Å²) in [6.07, 6.45) is 0.662. The third-order valence-corrected chi connectivity index (χ3v) is 4.10. The van der Waals surface area contributed by atoms with E-state index in [0.717, 1.165) is 17.8 Å². The fourth-order valence-corrected chi connectivity index (χ4v) is 2.93. The standard InChI is InChI=1S/C17H18ClN3O2/c1-11-9-12(2)20-17(19-11)23-13-7-8-21(10-13)16(22)14-5-3-4-6-15(14)18/h3-6,9,13H,7-8,10H2,1-2H3. The van der Waals surface area contributed by atoms with E-state index < -0.39 is 0 Å². The quantitative estimate of drug-likeness (QED) is 0.867. The molecule has 1 aromatic heterocycles. The second-order valence-electron chi connectivity index (χ2n) is 5.69. The van der Waals surface area contributed by atoms with Gasteiger partial charge in [-0.25, -0.2) is 9.97 Å². The van der Waals surface area contributed by atoms with Gasteiger partial charge in [-0.1, -0.05) is 23.7 Å². The summed E-state index contributed by atoms with van der Waals surface area (Å²) >= 11 is 6.10. The van der Waals surface area contributed by atoms with Gasteiger partial charge in [-0.15, -0.1) is 0 Å². The molecule has 2 aromatic rings. The van der Waals surface area contributed by atoms with Crippen LogP contribution in [0.2, 0.25) is 5.02 Å². The van der Waals surface area contributed by atoms with E-state index >= 15 is 0 Å². The monoisotopic (exact) mass is 331 g/mol. The summed E-state index contributed by atoms with van der Waals surface area (Å²) in [5.74, 6) is -0.0666. The van der Waals surface area contributed by atoms with Gasteiger partial charge in [-0.2, -0.15) is 0 Å². The van der Waals surface area contributed by atoms with Gasteiger partial charge in [-0.3, -0.25) is 4.79 Å². The van der Waals surface area contributed by atoms with Crippen LogP contribution in [0.25, 0.3) is 0 Å². The Hall–Kier alpha value is -2.14. The van der Waals surface area contributed by atoms with Gasteiger partial charge < -0.3 is 9.64 Å². The highest BCUT2D eigenvalue weighted by Crippen LogP contribution is 2.21. The zero-order valence-electron chi connectivity index (χ0n) is 13.1. The molecule has 0 saturated carbocycles. The second kappa shape index (κ2) is 6.54. The van der Waals surface area contributed by atoms with Crippen LogP contribution in [0.1, 0.15) is 28.2 Å². The number of hydrogen-bond acceptors (Lipinski definition) is 4. The highest BCUT2D eigenvalue weighted by atomic mass is 35.5. The number of aryl methyl sites for hydroxylation is 2. The molecule has 1 unspecified atom stereocenters. The molecule has 1 atom stereocenters. The van der Waals surface area contributed by atoms with Crippen molar-refractivity contribution < 1.29 is 9.53 Å². The molecule has 1 amide bonds. The van der Waals surface area contributed by atoms with Crippen molar-refractivity contribution in [1.29, 1.82) is 0 Å². The first-order chi connectivity index (χ1) is 11.0. The van der Waals surface area contributed by atoms with E-state index in [1.807, 2.05) is 32.0 Å². The van der Waals surface area contributed by atoms with E-state index in [2.05, 4.69) is 9.97 Å². The Kier molecular flexibility index (Phi) is 4.48. The number of amides is 1. The first-order valence-electron chi connectivity index (χ1n) is 7.55. The van der Waals surface area contributed by atoms with E-state index in [1.165, 1.54) is 0 Å². The van der Waals surface area contributed by atoms with Crippen LogP contribution in [0.15, 0.2) is 30.3 Å². The average Bonchev–Trinajstić information content (AvgIpc) is 2.94. The number of ether oxygens (including phenoxy) is 1. The van der Waals surface area contributed by atoms with E-state index in [4.69, 9.17) is 16.3 Å². The molecule has 0 radical (unpaired) electrons. The van der Waals surface area contributed by atoms with Crippen molar-refractivity contribution in [2.75, 3.05) is 13.1 Å². The SMILES string of the molecule is Cc1cc(C)nc(OC2CCN(C(=O)c3ccccc3Cl)C2)n1. The molecule has 0 N–H and O–H groups in total. The number of hydrogen-bond donors (Lipinski definition) is 0. The zero-order chi connectivity index (χ0) is 16.4. The average molecular weight is 332 g/mol. The van der Waals surface area contributed by atoms with E-state index in [9.17, 15) is 4.79 Å². The van der Waals surface area contributed by atoms with Crippen LogP contribution in [0.4, 0.5) is 0 Å². The second-order valence-corrected chi connectivity index (χ2v) is 6.10. The van der Waals surface area contributed by atoms with Crippen LogP contribution < -0.4 is 4.74 Å². The zero-order valence-corrected chi connectivity index (χ0v) is 13.9. The van der Waals surface area contributed by atoms with Gasteiger partial charge in [0.05, 0.1) is 17.1 Å². The first kappa shape index (κ1) is 15.7. The molecular weight excluding hydrogens is 314 g/mol. The summed E-state index contributed by atoms with van der Waals surface area (Å²) in [5.41, 5.74) is 2.27. The minimum Gasteiger partial charge on any atom is -0.458 e. The summed E-state index contributed by atoms with van der Waals surface area (Å²) in [4.78, 5) is 22.9. The lowest BCUT2D eigenvalue weighted by Gasteiger charge is -2.17. The minimum atomic E-state index is -0.0948. The van der Waals surface area contributed by atoms with Crippen molar-refractivity contribution in [1.82, 2.24) is 14.9 Å². The van der Waals surface area contributed by atoms with Crippen molar-refractivity contribution in [2.24, 2.45) is 0 Å². The van der Waals surface area contributed by atoms with Crippen molar-refractivity contribution in [3.63, 3.8) is 0 Å². The van der Waals surface area contributed by atoms with Crippen molar-refractivity contribution in [3.8, 4) is 6.01 Å². The Bertz CT molecular complexity index is 715. The Morgan fingerprint density at radius 3 is 2.65 bits per heavy atom. The predicted molar refractivity (Wildman–Crippen MR) is 87.9 cm³/mol. The fraction of sp³-hybridized carbons (Fsp3) is 0.353. The van der Waals surface area contributed by atoms with Gasteiger partial charge in [0.25, 0.3) is 5.91 Å². The number of aromatic nitrogens is 2. The summed E-state index contributed by atoms with van der Waals surface area (Å²) in [6, 6.07) is 9.36. The number of halogens is 1. The number of rotatable bonds is 3. The van der Waals surface area contributed by atoms with E-state index in [-0.39, 0.29) is 12.0 Å². The van der Waals surface area contributed by atoms with Crippen LogP contribution >= 0.6 is 11.6 Å². The molecular formula is C17H18ClN3O2. The maximum Gasteiger partial charge on any atom is 0.317 e. The molecule has 120 valence electrons. The van der Waals surface area contributed by atoms with Crippen LogP contribution in [0, 0.1) is 13.8 Å². The summed E-state index contributed by atoms with van der Waals surface area (Å²) in [6.45, 7) is 4.97. The smallest absolute Gasteiger partial charge is 0.317 e. The third kappa shape index (κ3) is 3.62. The van der Waals surface area contributed by atoms with Gasteiger partial charge in [0, 0.05) is 24.4 Å². The highest BCUT2D eigenvalue weighted by Gasteiger charge is 2.29. The van der Waals surface area contributed by atoms with Gasteiger partial charge >= 0.3 is 6.01 Å². The van der Waals surface area contributed by atoms with Gasteiger partial charge in [-0.05, 0) is 32.0 Å². The molecule has 5 nitrogen and oxygen atoms in total. The number of carbonyl (C=O) groups is 1. The normalized spacial score (nSPS) is 17.3. The summed E-state index contributed by atoms with van der Waals surface area (Å²) in [7, 11) is 0. The maximum absolute atomic E-state index is 12.5. The number of benzene rings is 1. The van der Waals surface area contributed by atoms with Crippen molar-refractivity contribution >= 4 is 17.5 Å². The Morgan fingerprint density at radius 2 is 1.96 bits per heavy atom. The Morgan fingerprint density at radius 1 is 1.26 bits per heavy atom. The lowest BCUT2D eigenvalue weighted by atomic mass is 10.2. The lowest BCUT2D eigenvalue weighted by Crippen LogP contribution is -2.31. The van der Waals surface area contributed by atoms with Crippen molar-refractivity contribution in [3.05, 3.63) is 52.3 Å². The van der Waals surface area contributed by atoms with E-state index in [0.29, 0.717) is 29.7 Å². The minimum absolute atomic E-state index is 0.0666. The molecule has 1 aromatic carbocycles. The Labute approximate surface area is 140 Å². The molecule has 23 heavy (non-hydrogen) atoms.